The third-order valence-corrected chi connectivity index (χ3v) is 4.57. The molecule has 0 aliphatic rings. The molecule has 0 saturated carbocycles. The van der Waals surface area contributed by atoms with Gasteiger partial charge in [-0.3, -0.25) is 9.48 Å². The lowest BCUT2D eigenvalue weighted by atomic mass is 10.1. The van der Waals surface area contributed by atoms with Crippen LogP contribution < -0.4 is 5.32 Å². The summed E-state index contributed by atoms with van der Waals surface area (Å²) in [6.45, 7) is 3.41. The Labute approximate surface area is 142 Å². The van der Waals surface area contributed by atoms with Crippen molar-refractivity contribution in [1.82, 2.24) is 9.78 Å². The van der Waals surface area contributed by atoms with Gasteiger partial charge in [-0.05, 0) is 25.5 Å². The van der Waals surface area contributed by atoms with Gasteiger partial charge in [0, 0.05) is 11.9 Å². The second-order valence-electron chi connectivity index (χ2n) is 4.92. The number of anilines is 1. The Morgan fingerprint density at radius 3 is 2.42 bits per heavy atom. The van der Waals surface area contributed by atoms with E-state index in [9.17, 15) is 14.4 Å². The van der Waals surface area contributed by atoms with E-state index in [-0.39, 0.29) is 27.9 Å². The fraction of sp³-hybridized carbons (Fsp3) is 0.333. The minimum Gasteiger partial charge on any atom is -0.465 e. The van der Waals surface area contributed by atoms with Crippen LogP contribution in [0.3, 0.4) is 0 Å². The summed E-state index contributed by atoms with van der Waals surface area (Å²) in [6.07, 6.45) is 1.59. The van der Waals surface area contributed by atoms with E-state index in [1.54, 1.807) is 19.2 Å². The number of hydrogen-bond donors (Lipinski definition) is 1. The number of aryl methyl sites for hydroxylation is 1. The van der Waals surface area contributed by atoms with Crippen molar-refractivity contribution in [1.29, 1.82) is 0 Å². The lowest BCUT2D eigenvalue weighted by Gasteiger charge is -2.07. The summed E-state index contributed by atoms with van der Waals surface area (Å²) in [5.74, 6) is -1.58. The molecule has 0 aromatic carbocycles. The molecule has 0 radical (unpaired) electrons. The Bertz CT molecular complexity index is 793. The van der Waals surface area contributed by atoms with Crippen LogP contribution in [0.25, 0.3) is 0 Å². The summed E-state index contributed by atoms with van der Waals surface area (Å²) in [4.78, 5) is 36.3. The molecule has 0 bridgehead atoms. The lowest BCUT2D eigenvalue weighted by Crippen LogP contribution is -2.21. The van der Waals surface area contributed by atoms with E-state index in [1.807, 2.05) is 6.92 Å². The number of methoxy groups -OCH3 is 2. The highest BCUT2D eigenvalue weighted by atomic mass is 32.1. The second-order valence-corrected chi connectivity index (χ2v) is 5.94. The number of carbonyl (C=O) groups is 3. The number of rotatable bonds is 5. The predicted octanol–water partition coefficient (Wildman–Crippen LogP) is 1.77. The van der Waals surface area contributed by atoms with Crippen LogP contribution in [-0.4, -0.2) is 41.8 Å². The molecule has 128 valence electrons. The SMILES string of the molecule is COC(=O)c1sc(NC(=O)Cn2nccc2C)c(C(=O)OC)c1C. The van der Waals surface area contributed by atoms with E-state index in [1.165, 1.54) is 18.9 Å². The van der Waals surface area contributed by atoms with Crippen molar-refractivity contribution in [3.63, 3.8) is 0 Å². The average molecular weight is 351 g/mol. The molecule has 0 atom stereocenters. The molecule has 0 saturated heterocycles. The fourth-order valence-corrected chi connectivity index (χ4v) is 3.23. The van der Waals surface area contributed by atoms with Gasteiger partial charge in [-0.1, -0.05) is 0 Å². The maximum absolute atomic E-state index is 12.2. The first-order valence-electron chi connectivity index (χ1n) is 6.97. The van der Waals surface area contributed by atoms with E-state index < -0.39 is 11.9 Å². The first kappa shape index (κ1) is 17.7. The first-order chi connectivity index (χ1) is 11.4. The van der Waals surface area contributed by atoms with Crippen LogP contribution in [0.15, 0.2) is 12.3 Å². The minimum atomic E-state index is -0.635. The monoisotopic (exact) mass is 351 g/mol. The molecule has 2 rings (SSSR count). The number of esters is 2. The Kier molecular flexibility index (Phi) is 5.35. The van der Waals surface area contributed by atoms with Crippen LogP contribution in [-0.2, 0) is 20.8 Å². The zero-order valence-electron chi connectivity index (χ0n) is 13.7. The van der Waals surface area contributed by atoms with Crippen molar-refractivity contribution in [2.75, 3.05) is 19.5 Å². The van der Waals surface area contributed by atoms with Gasteiger partial charge in [0.2, 0.25) is 5.91 Å². The molecule has 1 amide bonds. The molecular formula is C15H17N3O5S. The standard InChI is InChI=1S/C15H17N3O5S/c1-8-5-6-16-18(8)7-10(19)17-13-11(14(20)22-3)9(2)12(24-13)15(21)23-4/h5-6H,7H2,1-4H3,(H,17,19). The predicted molar refractivity (Wildman–Crippen MR) is 87.3 cm³/mol. The minimum absolute atomic E-state index is 0.00997. The highest BCUT2D eigenvalue weighted by Crippen LogP contribution is 2.34. The first-order valence-corrected chi connectivity index (χ1v) is 7.79. The molecule has 0 aliphatic carbocycles. The summed E-state index contributed by atoms with van der Waals surface area (Å²) in [6, 6.07) is 1.78. The smallest absolute Gasteiger partial charge is 0.348 e. The highest BCUT2D eigenvalue weighted by Gasteiger charge is 2.26. The van der Waals surface area contributed by atoms with Crippen LogP contribution >= 0.6 is 11.3 Å². The van der Waals surface area contributed by atoms with Crippen LogP contribution in [0.2, 0.25) is 0 Å². The van der Waals surface area contributed by atoms with Gasteiger partial charge in [0.15, 0.2) is 0 Å². The molecule has 0 fully saturated rings. The zero-order chi connectivity index (χ0) is 17.9. The van der Waals surface area contributed by atoms with Crippen LogP contribution in [0, 0.1) is 13.8 Å². The highest BCUT2D eigenvalue weighted by molar-refractivity contribution is 7.18. The molecule has 2 aromatic rings. The third kappa shape index (κ3) is 3.46. The van der Waals surface area contributed by atoms with Crippen molar-refractivity contribution >= 4 is 34.2 Å². The summed E-state index contributed by atoms with van der Waals surface area (Å²) < 4.78 is 11.0. The van der Waals surface area contributed by atoms with Crippen LogP contribution in [0.4, 0.5) is 5.00 Å². The van der Waals surface area contributed by atoms with E-state index in [2.05, 4.69) is 10.4 Å². The number of hydrogen-bond acceptors (Lipinski definition) is 7. The maximum Gasteiger partial charge on any atom is 0.348 e. The van der Waals surface area contributed by atoms with Gasteiger partial charge in [-0.25, -0.2) is 9.59 Å². The van der Waals surface area contributed by atoms with Gasteiger partial charge < -0.3 is 14.8 Å². The normalized spacial score (nSPS) is 10.3. The number of amides is 1. The van der Waals surface area contributed by atoms with E-state index in [4.69, 9.17) is 9.47 Å². The number of nitrogens with zero attached hydrogens (tertiary/aromatic N) is 2. The van der Waals surface area contributed by atoms with Gasteiger partial charge in [0.25, 0.3) is 0 Å². The topological polar surface area (TPSA) is 99.5 Å². The molecule has 2 aromatic heterocycles. The van der Waals surface area contributed by atoms with Gasteiger partial charge in [-0.15, -0.1) is 11.3 Å². The van der Waals surface area contributed by atoms with Gasteiger partial charge >= 0.3 is 11.9 Å². The molecule has 0 unspecified atom stereocenters. The van der Waals surface area contributed by atoms with E-state index >= 15 is 0 Å². The zero-order valence-corrected chi connectivity index (χ0v) is 14.5. The van der Waals surface area contributed by atoms with Gasteiger partial charge in [-0.2, -0.15) is 5.10 Å². The third-order valence-electron chi connectivity index (χ3n) is 3.38. The molecular weight excluding hydrogens is 334 g/mol. The fourth-order valence-electron chi connectivity index (χ4n) is 2.10. The van der Waals surface area contributed by atoms with Crippen molar-refractivity contribution in [2.24, 2.45) is 0 Å². The number of thiophene rings is 1. The molecule has 0 aliphatic heterocycles. The van der Waals surface area contributed by atoms with Gasteiger partial charge in [0.1, 0.15) is 16.4 Å². The lowest BCUT2D eigenvalue weighted by molar-refractivity contribution is -0.116. The Morgan fingerprint density at radius 2 is 1.88 bits per heavy atom. The van der Waals surface area contributed by atoms with Crippen molar-refractivity contribution < 1.29 is 23.9 Å². The summed E-state index contributed by atoms with van der Waals surface area (Å²) in [7, 11) is 2.48. The number of nitrogens with one attached hydrogen (secondary N) is 1. The van der Waals surface area contributed by atoms with E-state index in [0.29, 0.717) is 5.56 Å². The molecule has 1 N–H and O–H groups in total. The summed E-state index contributed by atoms with van der Waals surface area (Å²) in [5, 5.41) is 6.92. The molecule has 0 spiro atoms. The maximum atomic E-state index is 12.2. The second kappa shape index (κ2) is 7.26. The number of aromatic nitrogens is 2. The molecule has 2 heterocycles. The van der Waals surface area contributed by atoms with Crippen LogP contribution in [0.1, 0.15) is 31.3 Å². The van der Waals surface area contributed by atoms with Crippen LogP contribution in [0.5, 0.6) is 0 Å². The largest absolute Gasteiger partial charge is 0.465 e. The quantitative estimate of drug-likeness (QED) is 0.824. The number of ether oxygens (including phenoxy) is 2. The summed E-state index contributed by atoms with van der Waals surface area (Å²) >= 11 is 0.971. The average Bonchev–Trinajstić information content (AvgIpc) is 3.09. The molecule has 24 heavy (non-hydrogen) atoms. The van der Waals surface area contributed by atoms with Crippen molar-refractivity contribution in [3.8, 4) is 0 Å². The number of carbonyl (C=O) groups excluding carboxylic acids is 3. The van der Waals surface area contributed by atoms with Gasteiger partial charge in [0.05, 0.1) is 19.8 Å². The van der Waals surface area contributed by atoms with Crippen molar-refractivity contribution in [3.05, 3.63) is 34.0 Å². The molecule has 8 nitrogen and oxygen atoms in total. The summed E-state index contributed by atoms with van der Waals surface area (Å²) in [5.41, 5.74) is 1.38. The Morgan fingerprint density at radius 1 is 1.21 bits per heavy atom. The Hall–Kier alpha value is -2.68. The molecule has 9 heteroatoms. The van der Waals surface area contributed by atoms with E-state index in [0.717, 1.165) is 17.0 Å². The Balaban J connectivity index is 2.31. The van der Waals surface area contributed by atoms with Crippen molar-refractivity contribution in [2.45, 2.75) is 20.4 Å².